The number of primary amides is 1. The number of esters is 2. The van der Waals surface area contributed by atoms with Crippen LogP contribution in [-0.4, -0.2) is 104 Å². The largest absolute Gasteiger partial charge is 0.495 e. The summed E-state index contributed by atoms with van der Waals surface area (Å²) in [6.45, 7) is 12.6. The number of hydrogen-bond acceptors (Lipinski definition) is 14. The Morgan fingerprint density at radius 3 is 2.21 bits per heavy atom. The van der Waals surface area contributed by atoms with Gasteiger partial charge in [-0.1, -0.05) is 94.8 Å². The van der Waals surface area contributed by atoms with E-state index in [0.29, 0.717) is 34.0 Å². The summed E-state index contributed by atoms with van der Waals surface area (Å²) in [5.41, 5.74) is 13.2. The van der Waals surface area contributed by atoms with Gasteiger partial charge in [-0.3, -0.25) is 24.0 Å². The first kappa shape index (κ1) is 61.6. The average molecular weight is 1100 g/mol. The predicted molar refractivity (Wildman–Crippen MR) is 290 cm³/mol. The highest BCUT2D eigenvalue weighted by atomic mass is 35.5. The van der Waals surface area contributed by atoms with E-state index in [-0.39, 0.29) is 69.9 Å². The summed E-state index contributed by atoms with van der Waals surface area (Å²) in [6, 6.07) is 15.6. The third-order valence-electron chi connectivity index (χ3n) is 13.2. The fraction of sp³-hybridized carbons (Fsp3) is 0.500. The van der Waals surface area contributed by atoms with Crippen molar-refractivity contribution in [2.45, 2.75) is 136 Å². The summed E-state index contributed by atoms with van der Waals surface area (Å²) in [7, 11) is 1.49. The minimum atomic E-state index is -1.27. The van der Waals surface area contributed by atoms with Crippen LogP contribution in [0.5, 0.6) is 5.75 Å². The number of carbonyl (C=O) groups is 8. The number of rotatable bonds is 21. The minimum absolute atomic E-state index is 0.0551. The van der Waals surface area contributed by atoms with Gasteiger partial charge in [0.25, 0.3) is 0 Å². The fourth-order valence-electron chi connectivity index (χ4n) is 8.29. The zero-order valence-corrected chi connectivity index (χ0v) is 46.2. The molecule has 78 heavy (non-hydrogen) atoms. The number of urea groups is 1. The van der Waals surface area contributed by atoms with Crippen LogP contribution in [-0.2, 0) is 67.3 Å². The smallest absolute Gasteiger partial charge is 0.407 e. The van der Waals surface area contributed by atoms with Gasteiger partial charge in [-0.05, 0) is 97.5 Å². The number of halogens is 1. The lowest BCUT2D eigenvalue weighted by molar-refractivity contribution is -0.179. The van der Waals surface area contributed by atoms with E-state index in [0.717, 1.165) is 11.1 Å². The van der Waals surface area contributed by atoms with E-state index in [1.165, 1.54) is 13.2 Å². The fourth-order valence-corrected chi connectivity index (χ4v) is 8.57. The van der Waals surface area contributed by atoms with Crippen LogP contribution >= 0.6 is 11.6 Å². The van der Waals surface area contributed by atoms with Crippen LogP contribution in [0.1, 0.15) is 103 Å². The third-order valence-corrected chi connectivity index (χ3v) is 13.5. The quantitative estimate of drug-likeness (QED) is 0.0287. The number of epoxide rings is 1. The van der Waals surface area contributed by atoms with Crippen molar-refractivity contribution in [3.63, 3.8) is 0 Å². The van der Waals surface area contributed by atoms with Crippen LogP contribution in [0.2, 0.25) is 5.02 Å². The molecule has 0 aliphatic carbocycles. The molecule has 8 atom stereocenters. The number of ether oxygens (including phenoxy) is 5. The maximum atomic E-state index is 13.9. The molecule has 3 aromatic carbocycles. The molecule has 0 bridgehead atoms. The number of anilines is 1. The number of carbonyl (C=O) groups excluding carboxylic acids is 8. The van der Waals surface area contributed by atoms with Gasteiger partial charge in [-0.15, -0.1) is 0 Å². The van der Waals surface area contributed by atoms with Gasteiger partial charge < -0.3 is 67.1 Å². The van der Waals surface area contributed by atoms with Crippen LogP contribution in [0, 0.1) is 23.2 Å². The summed E-state index contributed by atoms with van der Waals surface area (Å²) < 4.78 is 28.8. The highest BCUT2D eigenvalue weighted by Gasteiger charge is 2.48. The molecule has 424 valence electrons. The molecule has 1 fully saturated rings. The summed E-state index contributed by atoms with van der Waals surface area (Å²) in [5.74, 6) is -3.68. The second kappa shape index (κ2) is 28.9. The number of alkyl carbamates (subject to hydrolysis) is 1. The molecule has 1 saturated heterocycles. The number of nitrogens with two attached hydrogens (primary N) is 2. The molecule has 22 heteroatoms. The Morgan fingerprint density at radius 1 is 0.885 bits per heavy atom. The molecule has 3 aromatic rings. The van der Waals surface area contributed by atoms with Crippen molar-refractivity contribution >= 4 is 65.0 Å². The van der Waals surface area contributed by atoms with Gasteiger partial charge in [-0.2, -0.15) is 0 Å². The van der Waals surface area contributed by atoms with Gasteiger partial charge in [-0.25, -0.2) is 14.4 Å². The lowest BCUT2D eigenvalue weighted by atomic mass is 9.92. The molecule has 2 aliphatic heterocycles. The number of hydrogen-bond donors (Lipinski definition) is 8. The number of cyclic esters (lactones) is 2. The maximum absolute atomic E-state index is 13.9. The molecule has 1 unspecified atom stereocenters. The lowest BCUT2D eigenvalue weighted by Gasteiger charge is -2.29. The molecular weight excluding hydrogens is 1030 g/mol. The summed E-state index contributed by atoms with van der Waals surface area (Å²) >= 11 is 6.37. The van der Waals surface area contributed by atoms with E-state index in [1.54, 1.807) is 76.2 Å². The van der Waals surface area contributed by atoms with Gasteiger partial charge in [0.05, 0.1) is 29.7 Å². The average Bonchev–Trinajstić information content (AvgIpc) is 4.21. The number of amides is 7. The highest BCUT2D eigenvalue weighted by Crippen LogP contribution is 2.45. The lowest BCUT2D eigenvalue weighted by Crippen LogP contribution is -2.51. The topological polar surface area (TPSA) is 310 Å². The Bertz CT molecular complexity index is 2610. The molecule has 10 N–H and O–H groups in total. The molecule has 0 saturated carbocycles. The van der Waals surface area contributed by atoms with E-state index in [4.69, 9.17) is 46.8 Å². The standard InChI is InChI=1S/C56H75ClN8O13/c1-31(2)25-44-52(70)76-42(12-9-13-45(66)64-41(27-36-18-23-43(74-8)39(57)26-36)49(67)62-30-56(6,7)53(71)77-44)33(5)47-48(78-47)37-19-14-34(15-20-37)28-61-55(73)75-29-35-16-21-38(22-17-35)63-50(68)40(11-10-24-60-54(59)72)65-51(69)46(58)32(3)4/h9,13-23,26,31-33,40-42,44,46-48H,10-12,24-25,27-30,58H2,1-8H3,(H,61,73)(H,62,67)(H,63,68)(H,64,66)(H,65,69)(H3,59,60,72)/b13-9+/t33-,40-,41+,42?,44-,46-,47-,48-/m0/s1. The molecule has 0 spiro atoms. The summed E-state index contributed by atoms with van der Waals surface area (Å²) in [6.07, 6.45) is 0.310. The molecule has 2 heterocycles. The number of nitrogens with one attached hydrogen (secondary N) is 6. The van der Waals surface area contributed by atoms with E-state index >= 15 is 0 Å². The van der Waals surface area contributed by atoms with Crippen molar-refractivity contribution in [1.29, 1.82) is 0 Å². The Morgan fingerprint density at radius 2 is 1.56 bits per heavy atom. The first-order valence-electron chi connectivity index (χ1n) is 26.1. The van der Waals surface area contributed by atoms with Crippen LogP contribution in [0.3, 0.4) is 0 Å². The third kappa shape index (κ3) is 19.0. The van der Waals surface area contributed by atoms with Crippen molar-refractivity contribution in [3.8, 4) is 5.75 Å². The van der Waals surface area contributed by atoms with Crippen LogP contribution in [0.4, 0.5) is 15.3 Å². The summed E-state index contributed by atoms with van der Waals surface area (Å²) in [4.78, 5) is 104. The van der Waals surface area contributed by atoms with E-state index in [2.05, 4.69) is 31.9 Å². The van der Waals surface area contributed by atoms with Crippen molar-refractivity contribution in [3.05, 3.63) is 106 Å². The van der Waals surface area contributed by atoms with Crippen molar-refractivity contribution in [2.24, 2.45) is 34.6 Å². The van der Waals surface area contributed by atoms with Crippen LogP contribution in [0.15, 0.2) is 78.9 Å². The van der Waals surface area contributed by atoms with Gasteiger partial charge in [0.1, 0.15) is 36.6 Å². The minimum Gasteiger partial charge on any atom is -0.495 e. The first-order valence-corrected chi connectivity index (χ1v) is 26.4. The molecule has 21 nitrogen and oxygen atoms in total. The van der Waals surface area contributed by atoms with Crippen LogP contribution < -0.4 is 48.1 Å². The van der Waals surface area contributed by atoms with Crippen molar-refractivity contribution < 1.29 is 62.0 Å². The molecule has 2 aliphatic rings. The normalized spacial score (nSPS) is 21.3. The van der Waals surface area contributed by atoms with Crippen LogP contribution in [0.25, 0.3) is 0 Å². The van der Waals surface area contributed by atoms with Gasteiger partial charge in [0.2, 0.25) is 23.6 Å². The second-order valence-corrected chi connectivity index (χ2v) is 21.4. The van der Waals surface area contributed by atoms with E-state index in [1.807, 2.05) is 45.0 Å². The monoisotopic (exact) mass is 1100 g/mol. The Balaban J connectivity index is 1.17. The first-order chi connectivity index (χ1) is 36.9. The summed E-state index contributed by atoms with van der Waals surface area (Å²) in [5, 5.41) is 16.5. The Labute approximate surface area is 460 Å². The van der Waals surface area contributed by atoms with Crippen molar-refractivity contribution in [1.82, 2.24) is 26.6 Å². The number of methoxy groups -OCH3 is 1. The van der Waals surface area contributed by atoms with E-state index in [9.17, 15) is 38.4 Å². The van der Waals surface area contributed by atoms with Crippen molar-refractivity contribution in [2.75, 3.05) is 25.5 Å². The predicted octanol–water partition coefficient (Wildman–Crippen LogP) is 5.41. The van der Waals surface area contributed by atoms with Gasteiger partial charge >= 0.3 is 24.1 Å². The van der Waals surface area contributed by atoms with Gasteiger partial charge in [0, 0.05) is 44.1 Å². The Hall–Kier alpha value is -7.23. The molecular formula is C56H75ClN8O13. The second-order valence-electron chi connectivity index (χ2n) is 21.0. The molecule has 0 aromatic heterocycles. The van der Waals surface area contributed by atoms with Gasteiger partial charge in [0.15, 0.2) is 6.10 Å². The zero-order valence-electron chi connectivity index (χ0n) is 45.5. The molecule has 7 amide bonds. The molecule has 5 rings (SSSR count). The molecule has 0 radical (unpaired) electrons. The number of benzene rings is 3. The maximum Gasteiger partial charge on any atom is 0.407 e. The highest BCUT2D eigenvalue weighted by molar-refractivity contribution is 6.32. The SMILES string of the molecule is COc1ccc(C[C@H]2NC(=O)/C=C/CC([C@H](C)[C@@H]3O[C@H]3c3ccc(CNC(=O)OCc4ccc(NC(=O)[C@H](CCCNC(N)=O)NC(=O)[C@@H](N)C(C)C)cc4)cc3)OC(=O)[C@H](CC(C)C)OC(=O)C(C)(C)CNC2=O)cc1Cl. The Kier molecular flexibility index (Phi) is 22.9. The zero-order chi connectivity index (χ0) is 57.3. The van der Waals surface area contributed by atoms with E-state index < -0.39 is 95.5 Å².